The number of likely N-dealkylation sites (tertiary alicyclic amines) is 1. The van der Waals surface area contributed by atoms with Crippen molar-refractivity contribution in [1.82, 2.24) is 19.9 Å². The number of nitrogens with zero attached hydrogens (tertiary/aromatic N) is 4. The molecule has 1 fully saturated rings. The summed E-state index contributed by atoms with van der Waals surface area (Å²) in [6, 6.07) is 18.2. The molecule has 2 heterocycles. The zero-order chi connectivity index (χ0) is 20.9. The molecule has 0 spiro atoms. The van der Waals surface area contributed by atoms with Crippen LogP contribution in [-0.4, -0.2) is 46.0 Å². The van der Waals surface area contributed by atoms with E-state index in [0.29, 0.717) is 24.8 Å². The lowest BCUT2D eigenvalue weighted by atomic mass is 9.95. The minimum atomic E-state index is 0.0838. The van der Waals surface area contributed by atoms with Crippen molar-refractivity contribution in [2.45, 2.75) is 32.9 Å². The van der Waals surface area contributed by atoms with Crippen molar-refractivity contribution in [2.24, 2.45) is 5.92 Å². The fraction of sp³-hybridized carbons (Fsp3) is 0.375. The third-order valence-electron chi connectivity index (χ3n) is 5.68. The Morgan fingerprint density at radius 1 is 1.13 bits per heavy atom. The van der Waals surface area contributed by atoms with Crippen molar-refractivity contribution in [3.63, 3.8) is 0 Å². The topological polar surface area (TPSA) is 62.5 Å². The Kier molecular flexibility index (Phi) is 6.23. The second-order valence-corrected chi connectivity index (χ2v) is 8.11. The molecule has 1 aromatic heterocycles. The summed E-state index contributed by atoms with van der Waals surface area (Å²) in [6.07, 6.45) is 1.72. The number of aromatic nitrogens is 2. The van der Waals surface area contributed by atoms with Crippen LogP contribution in [0.5, 0.6) is 0 Å². The van der Waals surface area contributed by atoms with E-state index in [0.717, 1.165) is 37.1 Å². The molecule has 0 radical (unpaired) electrons. The standard InChI is InChI=1S/C24H28N4O2/c1-18-7-6-10-21(15-18)23-25-22(30-26-23)17-28-13-11-20(12-14-28)24(29)27(2)16-19-8-4-3-5-9-19/h3-10,15,20H,11-14,16-17H2,1-2H3. The molecule has 0 unspecified atom stereocenters. The van der Waals surface area contributed by atoms with Crippen LogP contribution in [0.1, 0.15) is 29.9 Å². The van der Waals surface area contributed by atoms with Gasteiger partial charge in [0, 0.05) is 25.1 Å². The first-order chi connectivity index (χ1) is 14.6. The second-order valence-electron chi connectivity index (χ2n) is 8.11. The highest BCUT2D eigenvalue weighted by Gasteiger charge is 2.28. The van der Waals surface area contributed by atoms with Gasteiger partial charge < -0.3 is 9.42 Å². The Balaban J connectivity index is 1.28. The summed E-state index contributed by atoms with van der Waals surface area (Å²) in [5, 5.41) is 4.13. The summed E-state index contributed by atoms with van der Waals surface area (Å²) in [7, 11) is 1.90. The van der Waals surface area contributed by atoms with E-state index in [-0.39, 0.29) is 11.8 Å². The molecule has 0 bridgehead atoms. The highest BCUT2D eigenvalue weighted by atomic mass is 16.5. The van der Waals surface area contributed by atoms with Crippen LogP contribution in [0, 0.1) is 12.8 Å². The van der Waals surface area contributed by atoms with Gasteiger partial charge in [-0.3, -0.25) is 9.69 Å². The zero-order valence-corrected chi connectivity index (χ0v) is 17.6. The van der Waals surface area contributed by atoms with Crippen LogP contribution in [-0.2, 0) is 17.9 Å². The maximum atomic E-state index is 12.8. The minimum Gasteiger partial charge on any atom is -0.341 e. The van der Waals surface area contributed by atoms with E-state index < -0.39 is 0 Å². The lowest BCUT2D eigenvalue weighted by Crippen LogP contribution is -2.40. The normalized spacial score (nSPS) is 15.3. The first-order valence-corrected chi connectivity index (χ1v) is 10.5. The lowest BCUT2D eigenvalue weighted by Gasteiger charge is -2.32. The number of hydrogen-bond acceptors (Lipinski definition) is 5. The highest BCUT2D eigenvalue weighted by molar-refractivity contribution is 5.78. The summed E-state index contributed by atoms with van der Waals surface area (Å²) < 4.78 is 5.46. The third kappa shape index (κ3) is 4.94. The number of rotatable bonds is 6. The molecule has 0 atom stereocenters. The van der Waals surface area contributed by atoms with Crippen molar-refractivity contribution in [3.8, 4) is 11.4 Å². The van der Waals surface area contributed by atoms with E-state index in [1.54, 1.807) is 0 Å². The molecule has 30 heavy (non-hydrogen) atoms. The Hall–Kier alpha value is -2.99. The van der Waals surface area contributed by atoms with Crippen LogP contribution < -0.4 is 0 Å². The van der Waals surface area contributed by atoms with Gasteiger partial charge in [-0.25, -0.2) is 0 Å². The van der Waals surface area contributed by atoms with Crippen molar-refractivity contribution < 1.29 is 9.32 Å². The average Bonchev–Trinajstić information content (AvgIpc) is 3.23. The first-order valence-electron chi connectivity index (χ1n) is 10.5. The fourth-order valence-corrected chi connectivity index (χ4v) is 4.00. The van der Waals surface area contributed by atoms with E-state index in [1.165, 1.54) is 5.56 Å². The van der Waals surface area contributed by atoms with Gasteiger partial charge in [0.25, 0.3) is 0 Å². The summed E-state index contributed by atoms with van der Waals surface area (Å²) in [4.78, 5) is 21.5. The number of benzene rings is 2. The summed E-state index contributed by atoms with van der Waals surface area (Å²) >= 11 is 0. The van der Waals surface area contributed by atoms with Gasteiger partial charge in [0.05, 0.1) is 6.54 Å². The Morgan fingerprint density at radius 2 is 1.90 bits per heavy atom. The SMILES string of the molecule is Cc1cccc(-c2noc(CN3CCC(C(=O)N(C)Cc4ccccc4)CC3)n2)c1. The number of piperidine rings is 1. The molecule has 1 aliphatic rings. The summed E-state index contributed by atoms with van der Waals surface area (Å²) in [5.41, 5.74) is 3.30. The molecular formula is C24H28N4O2. The van der Waals surface area contributed by atoms with Gasteiger partial charge in [0.1, 0.15) is 0 Å². The van der Waals surface area contributed by atoms with Crippen molar-refractivity contribution in [1.29, 1.82) is 0 Å². The van der Waals surface area contributed by atoms with E-state index >= 15 is 0 Å². The fourth-order valence-electron chi connectivity index (χ4n) is 4.00. The largest absolute Gasteiger partial charge is 0.341 e. The molecule has 0 N–H and O–H groups in total. The van der Waals surface area contributed by atoms with Crippen LogP contribution in [0.15, 0.2) is 59.1 Å². The van der Waals surface area contributed by atoms with Crippen molar-refractivity contribution >= 4 is 5.91 Å². The van der Waals surface area contributed by atoms with Gasteiger partial charge in [-0.15, -0.1) is 0 Å². The predicted octanol–water partition coefficient (Wildman–Crippen LogP) is 3.92. The van der Waals surface area contributed by atoms with Crippen molar-refractivity contribution in [2.75, 3.05) is 20.1 Å². The maximum absolute atomic E-state index is 12.8. The summed E-state index contributed by atoms with van der Waals surface area (Å²) in [6.45, 7) is 5.05. The van der Waals surface area contributed by atoms with E-state index in [2.05, 4.69) is 33.2 Å². The van der Waals surface area contributed by atoms with E-state index in [9.17, 15) is 4.79 Å². The minimum absolute atomic E-state index is 0.0838. The predicted molar refractivity (Wildman–Crippen MR) is 115 cm³/mol. The molecular weight excluding hydrogens is 376 g/mol. The monoisotopic (exact) mass is 404 g/mol. The number of carbonyl (C=O) groups excluding carboxylic acids is 1. The average molecular weight is 405 g/mol. The maximum Gasteiger partial charge on any atom is 0.241 e. The van der Waals surface area contributed by atoms with Gasteiger partial charge in [-0.2, -0.15) is 4.98 Å². The van der Waals surface area contributed by atoms with Gasteiger partial charge >= 0.3 is 0 Å². The van der Waals surface area contributed by atoms with Crippen molar-refractivity contribution in [3.05, 3.63) is 71.6 Å². The Labute approximate surface area is 177 Å². The van der Waals surface area contributed by atoms with Crippen LogP contribution in [0.4, 0.5) is 0 Å². The molecule has 156 valence electrons. The molecule has 0 aliphatic carbocycles. The van der Waals surface area contributed by atoms with Gasteiger partial charge in [-0.05, 0) is 44.5 Å². The number of carbonyl (C=O) groups is 1. The van der Waals surface area contributed by atoms with Gasteiger partial charge in [-0.1, -0.05) is 59.3 Å². The molecule has 3 aromatic rings. The molecule has 6 nitrogen and oxygen atoms in total. The smallest absolute Gasteiger partial charge is 0.241 e. The third-order valence-corrected chi connectivity index (χ3v) is 5.68. The number of amides is 1. The molecule has 1 amide bonds. The number of hydrogen-bond donors (Lipinski definition) is 0. The molecule has 1 saturated heterocycles. The molecule has 4 rings (SSSR count). The Morgan fingerprint density at radius 3 is 2.63 bits per heavy atom. The second kappa shape index (κ2) is 9.22. The number of aryl methyl sites for hydroxylation is 1. The molecule has 6 heteroatoms. The van der Waals surface area contributed by atoms with Crippen LogP contribution >= 0.6 is 0 Å². The van der Waals surface area contributed by atoms with Crippen LogP contribution in [0.25, 0.3) is 11.4 Å². The molecule has 1 aliphatic heterocycles. The van der Waals surface area contributed by atoms with E-state index in [1.807, 2.05) is 55.3 Å². The highest BCUT2D eigenvalue weighted by Crippen LogP contribution is 2.22. The van der Waals surface area contributed by atoms with Gasteiger partial charge in [0.2, 0.25) is 17.6 Å². The quantitative estimate of drug-likeness (QED) is 0.623. The van der Waals surface area contributed by atoms with E-state index in [4.69, 9.17) is 4.52 Å². The van der Waals surface area contributed by atoms with Crippen LogP contribution in [0.3, 0.4) is 0 Å². The summed E-state index contributed by atoms with van der Waals surface area (Å²) in [5.74, 6) is 1.57. The lowest BCUT2D eigenvalue weighted by molar-refractivity contribution is -0.136. The van der Waals surface area contributed by atoms with Crippen LogP contribution in [0.2, 0.25) is 0 Å². The first kappa shape index (κ1) is 20.3. The Bertz CT molecular complexity index is 978. The molecule has 2 aromatic carbocycles. The van der Waals surface area contributed by atoms with Gasteiger partial charge in [0.15, 0.2) is 0 Å². The molecule has 0 saturated carbocycles. The zero-order valence-electron chi connectivity index (χ0n) is 17.6.